The number of aromatic carboxylic acids is 1. The summed E-state index contributed by atoms with van der Waals surface area (Å²) in [6, 6.07) is 11.4. The van der Waals surface area contributed by atoms with Crippen molar-refractivity contribution in [1.82, 2.24) is 4.90 Å². The molecular formula is C22H25NO6. The zero-order valence-corrected chi connectivity index (χ0v) is 16.8. The average Bonchev–Trinajstić information content (AvgIpc) is 2.71. The van der Waals surface area contributed by atoms with Gasteiger partial charge in [-0.1, -0.05) is 12.1 Å². The molecule has 0 aliphatic rings. The fourth-order valence-electron chi connectivity index (χ4n) is 2.72. The van der Waals surface area contributed by atoms with E-state index in [1.165, 1.54) is 26.2 Å². The Kier molecular flexibility index (Phi) is 7.77. The number of hydrogen-bond donors (Lipinski definition) is 1. The number of nitrogens with zero attached hydrogens (tertiary/aromatic N) is 1. The van der Waals surface area contributed by atoms with Crippen LogP contribution in [-0.4, -0.2) is 48.4 Å². The van der Waals surface area contributed by atoms with E-state index in [1.807, 2.05) is 0 Å². The van der Waals surface area contributed by atoms with E-state index in [-0.39, 0.29) is 17.3 Å². The molecule has 1 amide bonds. The van der Waals surface area contributed by atoms with Crippen LogP contribution in [0.15, 0.2) is 42.5 Å². The van der Waals surface area contributed by atoms with E-state index in [1.54, 1.807) is 42.3 Å². The van der Waals surface area contributed by atoms with Crippen molar-refractivity contribution in [1.29, 1.82) is 0 Å². The summed E-state index contributed by atoms with van der Waals surface area (Å²) in [5.74, 6) is -0.0628. The van der Waals surface area contributed by atoms with Gasteiger partial charge in [-0.2, -0.15) is 0 Å². The van der Waals surface area contributed by atoms with Crippen LogP contribution in [0.5, 0.6) is 11.5 Å². The second-order valence-electron chi connectivity index (χ2n) is 6.63. The lowest BCUT2D eigenvalue weighted by atomic mass is 10.1. The summed E-state index contributed by atoms with van der Waals surface area (Å²) in [6.45, 7) is 2.22. The van der Waals surface area contributed by atoms with Crippen molar-refractivity contribution in [3.05, 3.63) is 59.2 Å². The maximum atomic E-state index is 12.3. The normalized spacial score (nSPS) is 10.3. The lowest BCUT2D eigenvalue weighted by Gasteiger charge is -2.17. The Balaban J connectivity index is 1.80. The smallest absolute Gasteiger partial charge is 0.335 e. The molecule has 0 spiro atoms. The first-order chi connectivity index (χ1) is 13.8. The molecule has 0 atom stereocenters. The van der Waals surface area contributed by atoms with Gasteiger partial charge in [0.2, 0.25) is 5.91 Å². The summed E-state index contributed by atoms with van der Waals surface area (Å²) in [5, 5.41) is 8.92. The topological polar surface area (TPSA) is 93.1 Å². The molecule has 29 heavy (non-hydrogen) atoms. The second kappa shape index (κ2) is 10.3. The summed E-state index contributed by atoms with van der Waals surface area (Å²) < 4.78 is 10.9. The van der Waals surface area contributed by atoms with E-state index >= 15 is 0 Å². The molecule has 7 heteroatoms. The van der Waals surface area contributed by atoms with Crippen molar-refractivity contribution in [2.75, 3.05) is 20.8 Å². The van der Waals surface area contributed by atoms with Crippen LogP contribution < -0.4 is 9.47 Å². The van der Waals surface area contributed by atoms with Crippen LogP contribution in [0.1, 0.15) is 46.0 Å². The maximum absolute atomic E-state index is 12.3. The quantitative estimate of drug-likeness (QED) is 0.486. The molecule has 0 aliphatic heterocycles. The van der Waals surface area contributed by atoms with Gasteiger partial charge in [-0.05, 0) is 49.2 Å². The van der Waals surface area contributed by atoms with Gasteiger partial charge in [-0.3, -0.25) is 9.59 Å². The number of carbonyl (C=O) groups excluding carboxylic acids is 2. The van der Waals surface area contributed by atoms with Crippen LogP contribution >= 0.6 is 0 Å². The van der Waals surface area contributed by atoms with Gasteiger partial charge in [0.15, 0.2) is 17.3 Å². The number of methoxy groups -OCH3 is 1. The number of hydrogen-bond acceptors (Lipinski definition) is 5. The molecule has 0 heterocycles. The molecule has 0 bridgehead atoms. The monoisotopic (exact) mass is 399 g/mol. The van der Waals surface area contributed by atoms with Crippen molar-refractivity contribution in [2.45, 2.75) is 26.3 Å². The number of ether oxygens (including phenoxy) is 2. The molecule has 2 aromatic carbocycles. The molecule has 0 saturated heterocycles. The third kappa shape index (κ3) is 6.34. The van der Waals surface area contributed by atoms with Gasteiger partial charge in [-0.25, -0.2) is 4.79 Å². The zero-order chi connectivity index (χ0) is 21.4. The molecule has 0 saturated carbocycles. The Hall–Kier alpha value is -3.35. The number of carbonyl (C=O) groups is 3. The molecule has 2 rings (SSSR count). The average molecular weight is 399 g/mol. The fraction of sp³-hybridized carbons (Fsp3) is 0.318. The Labute approximate surface area is 169 Å². The minimum absolute atomic E-state index is 0.0326. The molecule has 0 fully saturated rings. The van der Waals surface area contributed by atoms with Gasteiger partial charge >= 0.3 is 5.97 Å². The highest BCUT2D eigenvalue weighted by molar-refractivity contribution is 5.94. The number of ketones is 1. The Morgan fingerprint density at radius 2 is 1.66 bits per heavy atom. The van der Waals surface area contributed by atoms with Crippen LogP contribution in [-0.2, 0) is 11.3 Å². The summed E-state index contributed by atoms with van der Waals surface area (Å²) in [7, 11) is 3.21. The first-order valence-corrected chi connectivity index (χ1v) is 9.19. The highest BCUT2D eigenvalue weighted by atomic mass is 16.5. The minimum Gasteiger partial charge on any atom is -0.493 e. The molecular weight excluding hydrogens is 374 g/mol. The summed E-state index contributed by atoms with van der Waals surface area (Å²) in [4.78, 5) is 36.2. The van der Waals surface area contributed by atoms with E-state index < -0.39 is 5.97 Å². The minimum atomic E-state index is -0.978. The number of carboxylic acids is 1. The molecule has 0 aliphatic carbocycles. The molecule has 7 nitrogen and oxygen atoms in total. The number of rotatable bonds is 10. The number of amides is 1. The first-order valence-electron chi connectivity index (χ1n) is 9.19. The molecule has 2 aromatic rings. The van der Waals surface area contributed by atoms with Crippen LogP contribution in [0.25, 0.3) is 0 Å². The van der Waals surface area contributed by atoms with Crippen molar-refractivity contribution in [3.63, 3.8) is 0 Å². The number of Topliss-reactive ketones (excluding diaryl/α,β-unsaturated/α-hetero) is 1. The van der Waals surface area contributed by atoms with Gasteiger partial charge in [0.05, 0.1) is 19.3 Å². The third-order valence-corrected chi connectivity index (χ3v) is 4.41. The van der Waals surface area contributed by atoms with Gasteiger partial charge < -0.3 is 19.5 Å². The third-order valence-electron chi connectivity index (χ3n) is 4.41. The Morgan fingerprint density at radius 1 is 1.00 bits per heavy atom. The number of carboxylic acid groups (broad SMARTS) is 1. The van der Waals surface area contributed by atoms with Gasteiger partial charge in [0, 0.05) is 25.6 Å². The largest absolute Gasteiger partial charge is 0.493 e. The van der Waals surface area contributed by atoms with Crippen LogP contribution in [0.2, 0.25) is 0 Å². The summed E-state index contributed by atoms with van der Waals surface area (Å²) in [6.07, 6.45) is 0.844. The van der Waals surface area contributed by atoms with E-state index in [0.29, 0.717) is 43.1 Å². The van der Waals surface area contributed by atoms with Gasteiger partial charge in [0.1, 0.15) is 0 Å². The number of benzene rings is 2. The summed E-state index contributed by atoms with van der Waals surface area (Å²) in [5.41, 5.74) is 1.62. The van der Waals surface area contributed by atoms with Crippen molar-refractivity contribution < 1.29 is 29.0 Å². The SMILES string of the molecule is COc1cc(C(C)=O)ccc1OCCCC(=O)N(C)Cc1ccc(C(=O)O)cc1. The molecule has 1 N–H and O–H groups in total. The predicted octanol–water partition coefficient (Wildman–Crippen LogP) is 3.41. The Bertz CT molecular complexity index is 875. The first kappa shape index (κ1) is 21.9. The molecule has 0 unspecified atom stereocenters. The van der Waals surface area contributed by atoms with Crippen molar-refractivity contribution in [3.8, 4) is 11.5 Å². The van der Waals surface area contributed by atoms with Crippen LogP contribution in [0.3, 0.4) is 0 Å². The zero-order valence-electron chi connectivity index (χ0n) is 16.8. The summed E-state index contributed by atoms with van der Waals surface area (Å²) >= 11 is 0. The van der Waals surface area contributed by atoms with Crippen molar-refractivity contribution >= 4 is 17.7 Å². The van der Waals surface area contributed by atoms with Crippen LogP contribution in [0.4, 0.5) is 0 Å². The van der Waals surface area contributed by atoms with E-state index in [2.05, 4.69) is 0 Å². The van der Waals surface area contributed by atoms with Crippen LogP contribution in [0, 0.1) is 0 Å². The van der Waals surface area contributed by atoms with Crippen molar-refractivity contribution in [2.24, 2.45) is 0 Å². The standard InChI is InChI=1S/C22H25NO6/c1-15(24)18-10-11-19(20(13-18)28-3)29-12-4-5-21(25)23(2)14-16-6-8-17(9-7-16)22(26)27/h6-11,13H,4-5,12,14H2,1-3H3,(H,26,27). The van der Waals surface area contributed by atoms with Gasteiger partial charge in [0.25, 0.3) is 0 Å². The highest BCUT2D eigenvalue weighted by Gasteiger charge is 2.12. The molecule has 154 valence electrons. The molecule has 0 aromatic heterocycles. The predicted molar refractivity (Wildman–Crippen MR) is 108 cm³/mol. The highest BCUT2D eigenvalue weighted by Crippen LogP contribution is 2.28. The lowest BCUT2D eigenvalue weighted by molar-refractivity contribution is -0.130. The molecule has 0 radical (unpaired) electrons. The Morgan fingerprint density at radius 3 is 2.24 bits per heavy atom. The second-order valence-corrected chi connectivity index (χ2v) is 6.63. The fourth-order valence-corrected chi connectivity index (χ4v) is 2.72. The van der Waals surface area contributed by atoms with E-state index in [9.17, 15) is 14.4 Å². The van der Waals surface area contributed by atoms with E-state index in [0.717, 1.165) is 5.56 Å². The van der Waals surface area contributed by atoms with Gasteiger partial charge in [-0.15, -0.1) is 0 Å². The maximum Gasteiger partial charge on any atom is 0.335 e. The lowest BCUT2D eigenvalue weighted by Crippen LogP contribution is -2.26. The van der Waals surface area contributed by atoms with E-state index in [4.69, 9.17) is 14.6 Å².